The second-order valence-electron chi connectivity index (χ2n) is 11.5. The zero-order chi connectivity index (χ0) is 28.9. The summed E-state index contributed by atoms with van der Waals surface area (Å²) >= 11 is 19.7. The molecule has 5 aromatic rings. The van der Waals surface area contributed by atoms with Crippen molar-refractivity contribution in [3.05, 3.63) is 104 Å². The lowest BCUT2D eigenvalue weighted by atomic mass is 10.0. The van der Waals surface area contributed by atoms with Gasteiger partial charge in [-0.15, -0.1) is 0 Å². The fourth-order valence-corrected chi connectivity index (χ4v) is 5.89. The maximum absolute atomic E-state index is 6.68. The molecule has 0 atom stereocenters. The Labute approximate surface area is 255 Å². The molecule has 1 aliphatic rings. The van der Waals surface area contributed by atoms with Gasteiger partial charge in [0.1, 0.15) is 23.8 Å². The van der Waals surface area contributed by atoms with Crippen molar-refractivity contribution in [3.8, 4) is 28.8 Å². The van der Waals surface area contributed by atoms with Gasteiger partial charge in [-0.25, -0.2) is 0 Å². The largest absolute Gasteiger partial charge is 0.489 e. The Morgan fingerprint density at radius 1 is 0.951 bits per heavy atom. The van der Waals surface area contributed by atoms with Crippen LogP contribution >= 0.6 is 34.8 Å². The van der Waals surface area contributed by atoms with E-state index in [2.05, 4.69) is 73.7 Å². The number of hydrogen-bond donors (Lipinski definition) is 0. The maximum Gasteiger partial charge on any atom is 0.147 e. The van der Waals surface area contributed by atoms with Crippen LogP contribution in [0.1, 0.15) is 67.5 Å². The van der Waals surface area contributed by atoms with Crippen LogP contribution in [0, 0.1) is 18.8 Å². The van der Waals surface area contributed by atoms with Crippen molar-refractivity contribution >= 4 is 45.7 Å². The quantitative estimate of drug-likeness (QED) is 0.188. The summed E-state index contributed by atoms with van der Waals surface area (Å²) in [5.41, 5.74) is 6.14. The minimum Gasteiger partial charge on any atom is -0.489 e. The van der Waals surface area contributed by atoms with Crippen LogP contribution in [-0.4, -0.2) is 9.72 Å². The van der Waals surface area contributed by atoms with Gasteiger partial charge in [0, 0.05) is 45.8 Å². The zero-order valence-electron chi connectivity index (χ0n) is 23.3. The van der Waals surface area contributed by atoms with Gasteiger partial charge < -0.3 is 13.8 Å². The molecule has 4 nitrogen and oxygen atoms in total. The third-order valence-corrected chi connectivity index (χ3v) is 8.24. The molecule has 0 unspecified atom stereocenters. The average molecular weight is 604 g/mol. The molecule has 2 aromatic heterocycles. The SMILES string of the molecule is Cc1cc(C#Cc2ccc(OCc3c(-c4c(Cl)cccc4Cl)noc3C3CC3)cc2Cl)c2ccn(C(C)(C)C)c2c1. The fraction of sp³-hybridized carbons (Fsp3) is 0.265. The van der Waals surface area contributed by atoms with E-state index in [1.807, 2.05) is 18.2 Å². The molecule has 0 bridgehead atoms. The molecular weight excluding hydrogens is 575 g/mol. The lowest BCUT2D eigenvalue weighted by molar-refractivity contribution is 0.300. The van der Waals surface area contributed by atoms with Crippen molar-refractivity contribution in [2.45, 2.75) is 58.6 Å². The minimum absolute atomic E-state index is 0.0221. The molecule has 0 spiro atoms. The highest BCUT2D eigenvalue weighted by atomic mass is 35.5. The Morgan fingerprint density at radius 3 is 2.37 bits per heavy atom. The molecule has 6 rings (SSSR count). The predicted molar refractivity (Wildman–Crippen MR) is 167 cm³/mol. The molecule has 1 fully saturated rings. The highest BCUT2D eigenvalue weighted by Gasteiger charge is 2.33. The van der Waals surface area contributed by atoms with E-state index in [4.69, 9.17) is 44.1 Å². The molecule has 7 heteroatoms. The standard InChI is InChI=1S/C34H29Cl3N2O2/c1-20-16-23(25-14-15-39(30(25)17-20)34(2,3)4)11-8-21-12-13-24(18-29(21)37)40-19-26-32(38-41-33(26)22-9-10-22)31-27(35)6-5-7-28(31)36/h5-7,12-18,22H,9-10,19H2,1-4H3. The van der Waals surface area contributed by atoms with Crippen molar-refractivity contribution in [1.29, 1.82) is 0 Å². The van der Waals surface area contributed by atoms with Crippen LogP contribution in [0.4, 0.5) is 0 Å². The van der Waals surface area contributed by atoms with Crippen molar-refractivity contribution in [3.63, 3.8) is 0 Å². The van der Waals surface area contributed by atoms with Crippen LogP contribution in [0.15, 0.2) is 65.3 Å². The van der Waals surface area contributed by atoms with Crippen molar-refractivity contribution in [2.24, 2.45) is 0 Å². The molecule has 0 radical (unpaired) electrons. The average Bonchev–Trinajstić information content (AvgIpc) is 3.52. The summed E-state index contributed by atoms with van der Waals surface area (Å²) in [6.07, 6.45) is 4.25. The summed E-state index contributed by atoms with van der Waals surface area (Å²) in [6, 6.07) is 17.4. The topological polar surface area (TPSA) is 40.2 Å². The van der Waals surface area contributed by atoms with E-state index in [1.54, 1.807) is 18.2 Å². The van der Waals surface area contributed by atoms with Crippen LogP contribution in [0.25, 0.3) is 22.2 Å². The molecule has 0 aliphatic heterocycles. The van der Waals surface area contributed by atoms with E-state index < -0.39 is 0 Å². The number of rotatable bonds is 5. The normalized spacial score (nSPS) is 13.3. The smallest absolute Gasteiger partial charge is 0.147 e. The van der Waals surface area contributed by atoms with Gasteiger partial charge in [0.2, 0.25) is 0 Å². The maximum atomic E-state index is 6.68. The van der Waals surface area contributed by atoms with Gasteiger partial charge in [-0.3, -0.25) is 0 Å². The van der Waals surface area contributed by atoms with Crippen LogP contribution in [0.2, 0.25) is 15.1 Å². The molecule has 1 aliphatic carbocycles. The Hall–Kier alpha value is -3.36. The van der Waals surface area contributed by atoms with Crippen molar-refractivity contribution in [2.75, 3.05) is 0 Å². The Balaban J connectivity index is 1.26. The summed E-state index contributed by atoms with van der Waals surface area (Å²) in [5.74, 6) is 8.41. The fourth-order valence-electron chi connectivity index (χ4n) is 5.10. The lowest BCUT2D eigenvalue weighted by Gasteiger charge is -2.23. The Morgan fingerprint density at radius 2 is 1.68 bits per heavy atom. The van der Waals surface area contributed by atoms with E-state index in [9.17, 15) is 0 Å². The summed E-state index contributed by atoms with van der Waals surface area (Å²) in [6.45, 7) is 8.95. The number of halogens is 3. The van der Waals surface area contributed by atoms with E-state index in [0.29, 0.717) is 38.0 Å². The number of nitrogens with zero attached hydrogens (tertiary/aromatic N) is 2. The van der Waals surface area contributed by atoms with E-state index in [-0.39, 0.29) is 12.1 Å². The second-order valence-corrected chi connectivity index (χ2v) is 12.7. The molecule has 0 amide bonds. The molecule has 0 N–H and O–H groups in total. The van der Waals surface area contributed by atoms with Gasteiger partial charge in [0.05, 0.1) is 26.1 Å². The van der Waals surface area contributed by atoms with E-state index in [0.717, 1.165) is 46.2 Å². The summed E-state index contributed by atoms with van der Waals surface area (Å²) in [5, 5.41) is 7.02. The van der Waals surface area contributed by atoms with Gasteiger partial charge in [-0.05, 0) is 88.6 Å². The highest BCUT2D eigenvalue weighted by molar-refractivity contribution is 6.39. The molecule has 208 valence electrons. The minimum atomic E-state index is -0.0221. The molecule has 0 saturated heterocycles. The summed E-state index contributed by atoms with van der Waals surface area (Å²) in [7, 11) is 0. The Kier molecular flexibility index (Phi) is 7.32. The first-order chi connectivity index (χ1) is 19.6. The number of aromatic nitrogens is 2. The van der Waals surface area contributed by atoms with Crippen LogP contribution in [0.3, 0.4) is 0 Å². The third kappa shape index (κ3) is 5.60. The molecular formula is C34H29Cl3N2O2. The first kappa shape index (κ1) is 27.8. The number of hydrogen-bond acceptors (Lipinski definition) is 3. The monoisotopic (exact) mass is 602 g/mol. The number of aryl methyl sites for hydroxylation is 1. The second kappa shape index (κ2) is 10.8. The van der Waals surface area contributed by atoms with Gasteiger partial charge in [-0.1, -0.05) is 57.9 Å². The summed E-state index contributed by atoms with van der Waals surface area (Å²) < 4.78 is 14.2. The first-order valence-electron chi connectivity index (χ1n) is 13.6. The lowest BCUT2D eigenvalue weighted by Crippen LogP contribution is -2.20. The number of fused-ring (bicyclic) bond motifs is 1. The molecule has 1 saturated carbocycles. The predicted octanol–water partition coefficient (Wildman–Crippen LogP) is 10.2. The van der Waals surface area contributed by atoms with Crippen LogP contribution in [-0.2, 0) is 12.1 Å². The molecule has 3 aromatic carbocycles. The molecule has 2 heterocycles. The van der Waals surface area contributed by atoms with Gasteiger partial charge in [0.15, 0.2) is 0 Å². The van der Waals surface area contributed by atoms with Crippen LogP contribution < -0.4 is 4.74 Å². The highest BCUT2D eigenvalue weighted by Crippen LogP contribution is 2.46. The van der Waals surface area contributed by atoms with Crippen LogP contribution in [0.5, 0.6) is 5.75 Å². The van der Waals surface area contributed by atoms with Gasteiger partial charge in [0.25, 0.3) is 0 Å². The van der Waals surface area contributed by atoms with Crippen molar-refractivity contribution in [1.82, 2.24) is 9.72 Å². The number of benzene rings is 3. The first-order valence-corrected chi connectivity index (χ1v) is 14.7. The third-order valence-electron chi connectivity index (χ3n) is 7.30. The van der Waals surface area contributed by atoms with Gasteiger partial charge >= 0.3 is 0 Å². The Bertz CT molecular complexity index is 1830. The van der Waals surface area contributed by atoms with E-state index in [1.165, 1.54) is 5.52 Å². The van der Waals surface area contributed by atoms with Gasteiger partial charge in [-0.2, -0.15) is 0 Å². The van der Waals surface area contributed by atoms with E-state index >= 15 is 0 Å². The molecule has 41 heavy (non-hydrogen) atoms. The zero-order valence-corrected chi connectivity index (χ0v) is 25.6. The number of ether oxygens (including phenoxy) is 1. The summed E-state index contributed by atoms with van der Waals surface area (Å²) in [4.78, 5) is 0. The van der Waals surface area contributed by atoms with Crippen molar-refractivity contribution < 1.29 is 9.26 Å².